The minimum absolute atomic E-state index is 0.110. The second-order valence-electron chi connectivity index (χ2n) is 14.7. The van der Waals surface area contributed by atoms with Crippen molar-refractivity contribution in [3.05, 3.63) is 110 Å². The van der Waals surface area contributed by atoms with Crippen LogP contribution in [-0.4, -0.2) is 125 Å². The number of likely N-dealkylation sites (tertiary alicyclic amines) is 2. The van der Waals surface area contributed by atoms with Gasteiger partial charge in [0.1, 0.15) is 40.0 Å². The fraction of sp³-hybridized carbons (Fsp3) is 0.409. The van der Waals surface area contributed by atoms with E-state index in [-0.39, 0.29) is 52.2 Å². The summed E-state index contributed by atoms with van der Waals surface area (Å²) in [4.78, 5) is 79.2. The van der Waals surface area contributed by atoms with Crippen LogP contribution in [0.4, 0.5) is 22.7 Å². The molecule has 66 heavy (non-hydrogen) atoms. The number of nitro benzene ring substituents is 2. The summed E-state index contributed by atoms with van der Waals surface area (Å²) in [6, 6.07) is 14.6. The van der Waals surface area contributed by atoms with E-state index < -0.39 is 9.85 Å². The van der Waals surface area contributed by atoms with Gasteiger partial charge in [-0.3, -0.25) is 49.4 Å². The summed E-state index contributed by atoms with van der Waals surface area (Å²) in [6.45, 7) is 5.88. The molecular formula is C44H55ClN10O11. The van der Waals surface area contributed by atoms with E-state index in [2.05, 4.69) is 31.2 Å². The Hall–Kier alpha value is -7.13. The Morgan fingerprint density at radius 3 is 1.70 bits per heavy atom. The fourth-order valence-corrected chi connectivity index (χ4v) is 6.76. The molecule has 3 aliphatic rings. The number of hydrogen-bond acceptors (Lipinski definition) is 15. The number of anilines is 2. The van der Waals surface area contributed by atoms with E-state index in [1.807, 2.05) is 4.90 Å². The van der Waals surface area contributed by atoms with Gasteiger partial charge in [0.2, 0.25) is 11.8 Å². The zero-order valence-electron chi connectivity index (χ0n) is 36.8. The number of carbonyl (C=O) groups excluding carboxylic acids is 4. The molecule has 0 atom stereocenters. The number of phenols is 1. The highest BCUT2D eigenvalue weighted by molar-refractivity contribution is 6.30. The average molecular weight is 935 g/mol. The quantitative estimate of drug-likeness (QED) is 0.0363. The Morgan fingerprint density at radius 2 is 1.23 bits per heavy atom. The van der Waals surface area contributed by atoms with Gasteiger partial charge in [-0.1, -0.05) is 11.6 Å². The van der Waals surface area contributed by atoms with Gasteiger partial charge in [0.25, 0.3) is 23.2 Å². The summed E-state index contributed by atoms with van der Waals surface area (Å²) < 4.78 is 10.6. The van der Waals surface area contributed by atoms with Crippen LogP contribution in [0.5, 0.6) is 17.2 Å². The molecule has 3 fully saturated rings. The molecule has 5 heterocycles. The Kier molecular flexibility index (Phi) is 21.3. The van der Waals surface area contributed by atoms with E-state index >= 15 is 0 Å². The number of pyridine rings is 2. The Bertz CT molecular complexity index is 2270. The van der Waals surface area contributed by atoms with E-state index in [0.717, 1.165) is 51.6 Å². The topological polar surface area (TPSA) is 274 Å². The number of nitrogens with zero attached hydrogens (tertiary/aromatic N) is 6. The first-order chi connectivity index (χ1) is 31.8. The van der Waals surface area contributed by atoms with Crippen LogP contribution in [0.3, 0.4) is 0 Å². The van der Waals surface area contributed by atoms with Gasteiger partial charge in [0, 0.05) is 103 Å². The van der Waals surface area contributed by atoms with Crippen molar-refractivity contribution >= 4 is 58.0 Å². The molecule has 354 valence electrons. The third-order valence-electron chi connectivity index (χ3n) is 9.99. The number of hydrogen-bond donors (Lipinski definition) is 5. The number of nitro groups is 2. The number of carbonyl (C=O) groups is 4. The van der Waals surface area contributed by atoms with E-state index in [4.69, 9.17) is 26.2 Å². The minimum atomic E-state index is -0.550. The smallest absolute Gasteiger partial charge is 0.296 e. The first-order valence-corrected chi connectivity index (χ1v) is 21.7. The van der Waals surface area contributed by atoms with Gasteiger partial charge in [0.05, 0.1) is 22.0 Å². The van der Waals surface area contributed by atoms with Crippen molar-refractivity contribution in [2.75, 3.05) is 77.2 Å². The predicted octanol–water partition coefficient (Wildman–Crippen LogP) is 6.18. The summed E-state index contributed by atoms with van der Waals surface area (Å²) in [5.74, 6) is 0.275. The van der Waals surface area contributed by atoms with Crippen LogP contribution in [0.1, 0.15) is 72.3 Å². The largest absolute Gasteiger partial charge is 0.508 e. The third-order valence-corrected chi connectivity index (χ3v) is 10.2. The summed E-state index contributed by atoms with van der Waals surface area (Å²) in [7, 11) is 3.18. The molecule has 3 saturated heterocycles. The van der Waals surface area contributed by atoms with Crippen molar-refractivity contribution < 1.29 is 43.6 Å². The molecule has 0 spiro atoms. The van der Waals surface area contributed by atoms with Gasteiger partial charge in [0.15, 0.2) is 0 Å². The molecule has 21 nitrogen and oxygen atoms in total. The number of halogens is 1. The number of benzene rings is 2. The van der Waals surface area contributed by atoms with Crippen LogP contribution in [0.15, 0.2) is 73.1 Å². The molecule has 0 aliphatic carbocycles. The van der Waals surface area contributed by atoms with E-state index in [9.17, 15) is 39.4 Å². The van der Waals surface area contributed by atoms with Gasteiger partial charge in [-0.05, 0) is 81.0 Å². The van der Waals surface area contributed by atoms with Gasteiger partial charge in [-0.25, -0.2) is 0 Å². The van der Waals surface area contributed by atoms with Crippen molar-refractivity contribution in [2.24, 2.45) is 0 Å². The lowest BCUT2D eigenvalue weighted by Gasteiger charge is -2.15. The lowest BCUT2D eigenvalue weighted by Crippen LogP contribution is -2.30. The maximum atomic E-state index is 12.3. The highest BCUT2D eigenvalue weighted by Gasteiger charge is 2.21. The number of aromatic hydroxyl groups is 1. The third kappa shape index (κ3) is 17.1. The van der Waals surface area contributed by atoms with Crippen molar-refractivity contribution in [3.63, 3.8) is 0 Å². The number of phenolic OH excluding ortho intramolecular Hbond substituents is 1. The maximum absolute atomic E-state index is 12.3. The van der Waals surface area contributed by atoms with Crippen LogP contribution in [-0.2, 0) is 14.3 Å². The lowest BCUT2D eigenvalue weighted by molar-refractivity contribution is -0.384. The van der Waals surface area contributed by atoms with Crippen molar-refractivity contribution in [2.45, 2.75) is 51.4 Å². The van der Waals surface area contributed by atoms with E-state index in [1.165, 1.54) is 55.6 Å². The first kappa shape index (κ1) is 51.5. The average Bonchev–Trinajstić information content (AvgIpc) is 4.12. The number of rotatable bonds is 16. The summed E-state index contributed by atoms with van der Waals surface area (Å²) in [6.07, 6.45) is 9.99. The molecule has 3 aliphatic heterocycles. The Labute approximate surface area is 386 Å². The molecule has 2 aromatic carbocycles. The normalized spacial score (nSPS) is 13.8. The molecule has 2 aromatic heterocycles. The Morgan fingerprint density at radius 1 is 0.727 bits per heavy atom. The van der Waals surface area contributed by atoms with Crippen molar-refractivity contribution in [1.82, 2.24) is 30.4 Å². The van der Waals surface area contributed by atoms with Crippen LogP contribution in [0.2, 0.25) is 5.02 Å². The van der Waals surface area contributed by atoms with Crippen LogP contribution >= 0.6 is 11.6 Å². The summed E-state index contributed by atoms with van der Waals surface area (Å²) in [5, 5.41) is 42.0. The highest BCUT2D eigenvalue weighted by atomic mass is 35.5. The SMILES string of the molecule is C1CCOC1.CNc1ccc(O)cc1[N+](=O)[O-].CNc1ccc(Oc2ccnc(C(=O)NCCCN3CCCC3=O)c2)cc1[N+](=O)[O-].O=C(NCCCN1CCCC1=O)c1cc(Cl)ccn1. The van der Waals surface area contributed by atoms with Gasteiger partial charge in [-0.2, -0.15) is 0 Å². The molecule has 0 unspecified atom stereocenters. The zero-order chi connectivity index (χ0) is 47.8. The van der Waals surface area contributed by atoms with Crippen LogP contribution in [0.25, 0.3) is 0 Å². The predicted molar refractivity (Wildman–Crippen MR) is 246 cm³/mol. The molecule has 4 aromatic rings. The molecule has 22 heteroatoms. The summed E-state index contributed by atoms with van der Waals surface area (Å²) >= 11 is 5.79. The van der Waals surface area contributed by atoms with Crippen LogP contribution in [0, 0.1) is 20.2 Å². The molecule has 0 bridgehead atoms. The van der Waals surface area contributed by atoms with Gasteiger partial charge >= 0.3 is 0 Å². The van der Waals surface area contributed by atoms with Crippen LogP contribution < -0.4 is 26.0 Å². The summed E-state index contributed by atoms with van der Waals surface area (Å²) in [5.41, 5.74) is 1.00. The van der Waals surface area contributed by atoms with E-state index in [0.29, 0.717) is 73.3 Å². The molecule has 7 rings (SSSR count). The van der Waals surface area contributed by atoms with Gasteiger partial charge in [-0.15, -0.1) is 0 Å². The second kappa shape index (κ2) is 27.3. The highest BCUT2D eigenvalue weighted by Crippen LogP contribution is 2.31. The van der Waals surface area contributed by atoms with Crippen molar-refractivity contribution in [1.29, 1.82) is 0 Å². The molecule has 4 amide bonds. The number of amides is 4. The lowest BCUT2D eigenvalue weighted by atomic mass is 10.2. The molecule has 0 saturated carbocycles. The number of aromatic nitrogens is 2. The minimum Gasteiger partial charge on any atom is -0.508 e. The number of nitrogens with one attached hydrogen (secondary N) is 4. The Balaban J connectivity index is 0.000000223. The monoisotopic (exact) mass is 934 g/mol. The standard InChI is InChI=1S/C20H23N5O5.C13H16ClN3O2.C7H8N2O3.C4H8O/c1-21-16-6-5-14(13-18(16)25(28)29)30-15-7-9-22-17(12-15)20(27)23-8-3-11-24-10-2-4-19(24)26;14-10-4-6-15-11(9-10)13(19)16-5-2-8-17-7-1-3-12(17)18;1-8-6-3-2-5(10)4-7(6)9(11)12;1-2-4-5-3-1/h5-7,9,12-13,21H,2-4,8,10-11H2,1H3,(H,23,27);4,6,9H,1-3,5,7-8H2,(H,16,19);2-4,8,10H,1H3;1-4H2. The van der Waals surface area contributed by atoms with E-state index in [1.54, 1.807) is 43.3 Å². The second-order valence-corrected chi connectivity index (χ2v) is 15.2. The molecule has 0 radical (unpaired) electrons. The number of ether oxygens (including phenoxy) is 2. The first-order valence-electron chi connectivity index (χ1n) is 21.4. The zero-order valence-corrected chi connectivity index (χ0v) is 37.6. The van der Waals surface area contributed by atoms with Crippen molar-refractivity contribution in [3.8, 4) is 17.2 Å². The fourth-order valence-electron chi connectivity index (χ4n) is 6.60. The molecular weight excluding hydrogens is 880 g/mol. The maximum Gasteiger partial charge on any atom is 0.296 e. The van der Waals surface area contributed by atoms with Gasteiger partial charge < -0.3 is 45.6 Å². The molecule has 5 N–H and O–H groups in total.